The summed E-state index contributed by atoms with van der Waals surface area (Å²) in [4.78, 5) is 30.2. The predicted molar refractivity (Wildman–Crippen MR) is 113 cm³/mol. The fraction of sp³-hybridized carbons (Fsp3) is 0.409. The van der Waals surface area contributed by atoms with Crippen LogP contribution in [0.3, 0.4) is 0 Å². The van der Waals surface area contributed by atoms with Crippen LogP contribution in [-0.2, 0) is 23.4 Å². The van der Waals surface area contributed by atoms with Gasteiger partial charge in [-0.2, -0.15) is 0 Å². The van der Waals surface area contributed by atoms with Gasteiger partial charge in [-0.05, 0) is 50.3 Å². The number of hydrogen-bond acceptors (Lipinski definition) is 7. The van der Waals surface area contributed by atoms with E-state index < -0.39 is 28.6 Å². The molecule has 0 unspecified atom stereocenters. The first-order valence-corrected chi connectivity index (χ1v) is 10.8. The molecular weight excluding hydrogens is 431 g/mol. The van der Waals surface area contributed by atoms with E-state index in [4.69, 9.17) is 4.74 Å². The lowest BCUT2D eigenvalue weighted by Gasteiger charge is -2.40. The molecule has 1 fully saturated rings. The van der Waals surface area contributed by atoms with E-state index in [0.29, 0.717) is 55.2 Å². The molecule has 2 N–H and O–H groups in total. The molecule has 1 aliphatic carbocycles. The van der Waals surface area contributed by atoms with Gasteiger partial charge in [-0.3, -0.25) is 14.2 Å². The molecule has 1 saturated carbocycles. The summed E-state index contributed by atoms with van der Waals surface area (Å²) in [6.07, 6.45) is 4.62. The zero-order chi connectivity index (χ0) is 23.2. The van der Waals surface area contributed by atoms with Crippen molar-refractivity contribution in [1.82, 2.24) is 29.9 Å². The van der Waals surface area contributed by atoms with E-state index in [-0.39, 0.29) is 12.2 Å². The molecule has 0 bridgehead atoms. The van der Waals surface area contributed by atoms with Crippen LogP contribution in [0.1, 0.15) is 53.3 Å². The third kappa shape index (κ3) is 3.67. The van der Waals surface area contributed by atoms with Gasteiger partial charge in [-0.15, -0.1) is 5.10 Å². The Balaban J connectivity index is 1.45. The number of fused-ring (bicyclic) bond motifs is 2. The van der Waals surface area contributed by atoms with E-state index in [9.17, 15) is 19.1 Å². The second-order valence-corrected chi connectivity index (χ2v) is 8.40. The second-order valence-electron chi connectivity index (χ2n) is 8.40. The quantitative estimate of drug-likeness (QED) is 0.615. The maximum absolute atomic E-state index is 13.9. The van der Waals surface area contributed by atoms with Gasteiger partial charge >= 0.3 is 0 Å². The Morgan fingerprint density at radius 3 is 2.85 bits per heavy atom. The number of nitrogens with zero attached hydrogens (tertiary/aromatic N) is 5. The third-order valence-corrected chi connectivity index (χ3v) is 6.18. The molecule has 33 heavy (non-hydrogen) atoms. The number of aromatic hydroxyl groups is 1. The van der Waals surface area contributed by atoms with E-state index in [1.807, 2.05) is 0 Å². The van der Waals surface area contributed by atoms with Crippen molar-refractivity contribution in [3.8, 4) is 11.4 Å². The number of halogens is 1. The first-order chi connectivity index (χ1) is 15.9. The summed E-state index contributed by atoms with van der Waals surface area (Å²) in [5.74, 6) is -1.48. The Morgan fingerprint density at radius 2 is 2.15 bits per heavy atom. The van der Waals surface area contributed by atoms with Crippen molar-refractivity contribution < 1.29 is 19.0 Å². The molecule has 3 aromatic rings. The minimum Gasteiger partial charge on any atom is -0.501 e. The van der Waals surface area contributed by atoms with Crippen molar-refractivity contribution in [2.75, 3.05) is 6.61 Å². The highest BCUT2D eigenvalue weighted by Crippen LogP contribution is 2.45. The topological polar surface area (TPSA) is 124 Å². The van der Waals surface area contributed by atoms with Crippen molar-refractivity contribution in [3.63, 3.8) is 0 Å². The number of carbonyl (C=O) groups excluding carboxylic acids is 1. The summed E-state index contributed by atoms with van der Waals surface area (Å²) < 4.78 is 22.7. The Bertz CT molecular complexity index is 1300. The molecule has 1 spiro atoms. The number of amides is 1. The molecule has 3 heterocycles. The largest absolute Gasteiger partial charge is 0.501 e. The smallest absolute Gasteiger partial charge is 0.296 e. The van der Waals surface area contributed by atoms with Gasteiger partial charge in [-0.1, -0.05) is 11.3 Å². The van der Waals surface area contributed by atoms with Crippen molar-refractivity contribution >= 4 is 5.91 Å². The van der Waals surface area contributed by atoms with Gasteiger partial charge in [-0.25, -0.2) is 14.1 Å². The van der Waals surface area contributed by atoms with Crippen LogP contribution in [0.4, 0.5) is 4.39 Å². The number of carbonyl (C=O) groups is 1. The second kappa shape index (κ2) is 8.07. The molecule has 1 aliphatic heterocycles. The summed E-state index contributed by atoms with van der Waals surface area (Å²) in [7, 11) is 0. The fourth-order valence-electron chi connectivity index (χ4n) is 4.30. The molecular formula is C22H23FN6O4. The normalized spacial score (nSPS) is 16.7. The van der Waals surface area contributed by atoms with Gasteiger partial charge < -0.3 is 15.2 Å². The summed E-state index contributed by atoms with van der Waals surface area (Å²) >= 11 is 0. The van der Waals surface area contributed by atoms with E-state index in [2.05, 4.69) is 20.6 Å². The van der Waals surface area contributed by atoms with Gasteiger partial charge in [0.25, 0.3) is 11.5 Å². The van der Waals surface area contributed by atoms with Gasteiger partial charge in [0, 0.05) is 19.7 Å². The van der Waals surface area contributed by atoms with Crippen molar-refractivity contribution in [2.45, 2.75) is 51.3 Å². The van der Waals surface area contributed by atoms with E-state index in [0.717, 1.165) is 6.42 Å². The maximum Gasteiger partial charge on any atom is 0.296 e. The lowest BCUT2D eigenvalue weighted by atomic mass is 9.79. The number of ether oxygens (including phenoxy) is 1. The van der Waals surface area contributed by atoms with Crippen molar-refractivity contribution in [1.29, 1.82) is 0 Å². The minimum absolute atomic E-state index is 0.00542. The van der Waals surface area contributed by atoms with Crippen LogP contribution in [0.2, 0.25) is 0 Å². The first kappa shape index (κ1) is 21.3. The van der Waals surface area contributed by atoms with Crippen LogP contribution in [0, 0.1) is 12.7 Å². The standard InChI is InChI=1S/C22H23FN6O4/c1-13-12-29(27-26-13)16-10-15(23)5-4-14(16)11-24-19(31)17-18(30)20(32)28-8-3-9-33-22(6-2-7-22)21(28)25-17/h4-5,10,12,30H,2-3,6-9,11H2,1H3,(H,24,31). The van der Waals surface area contributed by atoms with Gasteiger partial charge in [0.1, 0.15) is 17.2 Å². The van der Waals surface area contributed by atoms with Crippen LogP contribution in [0.5, 0.6) is 5.75 Å². The number of hydrogen-bond donors (Lipinski definition) is 2. The highest BCUT2D eigenvalue weighted by atomic mass is 19.1. The molecule has 2 aromatic heterocycles. The third-order valence-electron chi connectivity index (χ3n) is 6.18. The number of nitrogens with one attached hydrogen (secondary N) is 1. The Labute approximate surface area is 188 Å². The van der Waals surface area contributed by atoms with Crippen LogP contribution in [-0.4, -0.2) is 42.2 Å². The molecule has 172 valence electrons. The average Bonchev–Trinajstić information content (AvgIpc) is 3.10. The molecule has 11 heteroatoms. The summed E-state index contributed by atoms with van der Waals surface area (Å²) in [6, 6.07) is 4.09. The highest BCUT2D eigenvalue weighted by molar-refractivity contribution is 5.94. The number of benzene rings is 1. The number of aryl methyl sites for hydroxylation is 1. The maximum atomic E-state index is 13.9. The molecule has 2 aliphatic rings. The highest BCUT2D eigenvalue weighted by Gasteiger charge is 2.45. The monoisotopic (exact) mass is 454 g/mol. The summed E-state index contributed by atoms with van der Waals surface area (Å²) in [5.41, 5.74) is -0.0453. The lowest BCUT2D eigenvalue weighted by molar-refractivity contribution is -0.108. The molecule has 1 aromatic carbocycles. The fourth-order valence-corrected chi connectivity index (χ4v) is 4.30. The first-order valence-electron chi connectivity index (χ1n) is 10.8. The molecule has 1 amide bonds. The summed E-state index contributed by atoms with van der Waals surface area (Å²) in [5, 5.41) is 21.0. The van der Waals surface area contributed by atoms with E-state index in [1.54, 1.807) is 13.1 Å². The van der Waals surface area contributed by atoms with Crippen molar-refractivity contribution in [2.24, 2.45) is 0 Å². The zero-order valence-corrected chi connectivity index (χ0v) is 18.0. The number of rotatable bonds is 4. The Hall–Kier alpha value is -3.60. The van der Waals surface area contributed by atoms with Crippen molar-refractivity contribution in [3.05, 3.63) is 63.3 Å². The zero-order valence-electron chi connectivity index (χ0n) is 18.0. The molecule has 0 atom stereocenters. The Kier molecular flexibility index (Phi) is 5.20. The van der Waals surface area contributed by atoms with E-state index in [1.165, 1.54) is 27.4 Å². The Morgan fingerprint density at radius 1 is 1.33 bits per heavy atom. The minimum atomic E-state index is -0.711. The van der Waals surface area contributed by atoms with E-state index >= 15 is 0 Å². The van der Waals surface area contributed by atoms with Crippen LogP contribution < -0.4 is 10.9 Å². The van der Waals surface area contributed by atoms with Crippen LogP contribution in [0.25, 0.3) is 5.69 Å². The van der Waals surface area contributed by atoms with Gasteiger partial charge in [0.15, 0.2) is 5.69 Å². The number of aromatic nitrogens is 5. The molecule has 5 rings (SSSR count). The molecule has 0 radical (unpaired) electrons. The van der Waals surface area contributed by atoms with Crippen LogP contribution >= 0.6 is 0 Å². The van der Waals surface area contributed by atoms with Crippen LogP contribution in [0.15, 0.2) is 29.2 Å². The predicted octanol–water partition coefficient (Wildman–Crippen LogP) is 1.71. The van der Waals surface area contributed by atoms with Gasteiger partial charge in [0.2, 0.25) is 5.75 Å². The average molecular weight is 454 g/mol. The molecule has 0 saturated heterocycles. The SMILES string of the molecule is Cc1cn(-c2cc(F)ccc2CNC(=O)c2nc3n(c(=O)c2O)CCCOC32CCC2)nn1. The van der Waals surface area contributed by atoms with Gasteiger partial charge in [0.05, 0.1) is 17.6 Å². The summed E-state index contributed by atoms with van der Waals surface area (Å²) in [6.45, 7) is 2.61. The molecule has 10 nitrogen and oxygen atoms in total. The lowest BCUT2D eigenvalue weighted by Crippen LogP contribution is -2.43.